The van der Waals surface area contributed by atoms with Crippen molar-refractivity contribution in [2.75, 3.05) is 0 Å². The lowest BCUT2D eigenvalue weighted by molar-refractivity contribution is 0.135. The fourth-order valence-electron chi connectivity index (χ4n) is 2.12. The molecule has 0 aliphatic carbocycles. The average molecular weight is 283 g/mol. The number of ether oxygens (including phenoxy) is 1. The highest BCUT2D eigenvalue weighted by Crippen LogP contribution is 2.18. The number of amides is 1. The predicted molar refractivity (Wildman–Crippen MR) is 84.1 cm³/mol. The van der Waals surface area contributed by atoms with E-state index in [1.54, 1.807) is 0 Å². The first-order valence-electron chi connectivity index (χ1n) is 7.19. The van der Waals surface area contributed by atoms with E-state index in [-0.39, 0.29) is 18.1 Å². The molecule has 0 saturated carbocycles. The Morgan fingerprint density at radius 3 is 2.19 bits per heavy atom. The van der Waals surface area contributed by atoms with Crippen LogP contribution in [0, 0.1) is 0 Å². The van der Waals surface area contributed by atoms with E-state index in [1.807, 2.05) is 55.5 Å². The van der Waals surface area contributed by atoms with Crippen molar-refractivity contribution in [3.63, 3.8) is 0 Å². The first kappa shape index (κ1) is 15.1. The van der Waals surface area contributed by atoms with Crippen LogP contribution in [0.5, 0.6) is 0 Å². The second-order valence-corrected chi connectivity index (χ2v) is 5.19. The molecule has 2 unspecified atom stereocenters. The van der Waals surface area contributed by atoms with Crippen LogP contribution in [0.1, 0.15) is 30.9 Å². The third-order valence-corrected chi connectivity index (χ3v) is 3.63. The second kappa shape index (κ2) is 7.48. The summed E-state index contributed by atoms with van der Waals surface area (Å²) >= 11 is 0. The van der Waals surface area contributed by atoms with Gasteiger partial charge in [-0.1, -0.05) is 67.6 Å². The Morgan fingerprint density at radius 1 is 1.00 bits per heavy atom. The first-order valence-corrected chi connectivity index (χ1v) is 7.19. The largest absolute Gasteiger partial charge is 0.445 e. The molecule has 2 aromatic rings. The second-order valence-electron chi connectivity index (χ2n) is 5.19. The van der Waals surface area contributed by atoms with Crippen LogP contribution in [0.4, 0.5) is 4.79 Å². The number of rotatable bonds is 5. The molecule has 3 nitrogen and oxygen atoms in total. The lowest BCUT2D eigenvalue weighted by atomic mass is 9.95. The van der Waals surface area contributed by atoms with Gasteiger partial charge >= 0.3 is 6.09 Å². The molecule has 2 aromatic carbocycles. The Balaban J connectivity index is 1.82. The van der Waals surface area contributed by atoms with Gasteiger partial charge in [-0.3, -0.25) is 0 Å². The monoisotopic (exact) mass is 283 g/mol. The smallest absolute Gasteiger partial charge is 0.407 e. The molecule has 0 saturated heterocycles. The number of nitrogens with one attached hydrogen (secondary N) is 1. The van der Waals surface area contributed by atoms with E-state index in [0.717, 1.165) is 5.56 Å². The molecule has 0 spiro atoms. The molecule has 2 rings (SSSR count). The van der Waals surface area contributed by atoms with Crippen LogP contribution in [0.15, 0.2) is 60.7 Å². The van der Waals surface area contributed by atoms with Crippen LogP contribution in [-0.4, -0.2) is 12.1 Å². The van der Waals surface area contributed by atoms with Gasteiger partial charge in [0.15, 0.2) is 0 Å². The summed E-state index contributed by atoms with van der Waals surface area (Å²) in [5, 5.41) is 2.89. The summed E-state index contributed by atoms with van der Waals surface area (Å²) in [5.74, 6) is 0.232. The van der Waals surface area contributed by atoms with Gasteiger partial charge in [-0.05, 0) is 18.1 Å². The van der Waals surface area contributed by atoms with Crippen molar-refractivity contribution in [1.82, 2.24) is 5.32 Å². The van der Waals surface area contributed by atoms with Crippen LogP contribution in [0.25, 0.3) is 0 Å². The van der Waals surface area contributed by atoms with Crippen LogP contribution in [0.3, 0.4) is 0 Å². The molecule has 3 heteroatoms. The van der Waals surface area contributed by atoms with Gasteiger partial charge in [-0.25, -0.2) is 4.79 Å². The lowest BCUT2D eigenvalue weighted by Crippen LogP contribution is -2.36. The summed E-state index contributed by atoms with van der Waals surface area (Å²) in [6.45, 7) is 4.37. The quantitative estimate of drug-likeness (QED) is 0.897. The van der Waals surface area contributed by atoms with Crippen molar-refractivity contribution in [1.29, 1.82) is 0 Å². The van der Waals surface area contributed by atoms with Crippen molar-refractivity contribution in [2.45, 2.75) is 32.4 Å². The van der Waals surface area contributed by atoms with E-state index < -0.39 is 0 Å². The maximum Gasteiger partial charge on any atom is 0.407 e. The number of hydrogen-bond donors (Lipinski definition) is 1. The zero-order valence-electron chi connectivity index (χ0n) is 12.5. The maximum atomic E-state index is 11.8. The minimum absolute atomic E-state index is 0.00988. The molecular weight excluding hydrogens is 262 g/mol. The summed E-state index contributed by atoms with van der Waals surface area (Å²) in [6, 6.07) is 19.8. The summed E-state index contributed by atoms with van der Waals surface area (Å²) in [7, 11) is 0. The van der Waals surface area contributed by atoms with Crippen molar-refractivity contribution >= 4 is 6.09 Å². The molecule has 0 aliphatic rings. The average Bonchev–Trinajstić information content (AvgIpc) is 2.54. The fraction of sp³-hybridized carbons (Fsp3) is 0.278. The van der Waals surface area contributed by atoms with Crippen LogP contribution in [0.2, 0.25) is 0 Å². The van der Waals surface area contributed by atoms with Gasteiger partial charge in [0.05, 0.1) is 0 Å². The van der Waals surface area contributed by atoms with Gasteiger partial charge < -0.3 is 10.1 Å². The lowest BCUT2D eigenvalue weighted by Gasteiger charge is -2.21. The molecule has 0 bridgehead atoms. The number of carbonyl (C=O) groups excluding carboxylic acids is 1. The molecule has 1 N–H and O–H groups in total. The zero-order valence-corrected chi connectivity index (χ0v) is 12.5. The molecule has 21 heavy (non-hydrogen) atoms. The molecule has 110 valence electrons. The third kappa shape index (κ3) is 4.63. The molecule has 0 aromatic heterocycles. The Labute approximate surface area is 126 Å². The SMILES string of the molecule is CC(NC(=O)OCc1ccccc1)C(C)c1ccccc1. The fourth-order valence-corrected chi connectivity index (χ4v) is 2.12. The third-order valence-electron chi connectivity index (χ3n) is 3.63. The molecular formula is C18H21NO2. The van der Waals surface area contributed by atoms with Gasteiger partial charge in [0, 0.05) is 12.0 Å². The number of hydrogen-bond acceptors (Lipinski definition) is 2. The van der Waals surface area contributed by atoms with E-state index in [0.29, 0.717) is 6.61 Å². The predicted octanol–water partition coefficient (Wildman–Crippen LogP) is 4.11. The minimum Gasteiger partial charge on any atom is -0.445 e. The van der Waals surface area contributed by atoms with E-state index in [9.17, 15) is 4.79 Å². The molecule has 0 radical (unpaired) electrons. The summed E-state index contributed by atoms with van der Waals surface area (Å²) in [5.41, 5.74) is 2.18. The van der Waals surface area contributed by atoms with Gasteiger partial charge in [-0.15, -0.1) is 0 Å². The number of carbonyl (C=O) groups is 1. The van der Waals surface area contributed by atoms with Crippen molar-refractivity contribution in [3.8, 4) is 0 Å². The Kier molecular flexibility index (Phi) is 5.38. The van der Waals surface area contributed by atoms with Crippen LogP contribution in [-0.2, 0) is 11.3 Å². The van der Waals surface area contributed by atoms with Gasteiger partial charge in [-0.2, -0.15) is 0 Å². The zero-order chi connectivity index (χ0) is 15.1. The van der Waals surface area contributed by atoms with Crippen LogP contribution >= 0.6 is 0 Å². The van der Waals surface area contributed by atoms with Crippen molar-refractivity contribution in [3.05, 3.63) is 71.8 Å². The van der Waals surface area contributed by atoms with Gasteiger partial charge in [0.1, 0.15) is 6.61 Å². The highest BCUT2D eigenvalue weighted by Gasteiger charge is 2.16. The van der Waals surface area contributed by atoms with Crippen molar-refractivity contribution in [2.24, 2.45) is 0 Å². The van der Waals surface area contributed by atoms with E-state index >= 15 is 0 Å². The number of benzene rings is 2. The van der Waals surface area contributed by atoms with Crippen LogP contribution < -0.4 is 5.32 Å². The normalized spacial score (nSPS) is 13.2. The first-order chi connectivity index (χ1) is 10.2. The van der Waals surface area contributed by atoms with E-state index in [2.05, 4.69) is 24.4 Å². The van der Waals surface area contributed by atoms with E-state index in [1.165, 1.54) is 5.56 Å². The summed E-state index contributed by atoms with van der Waals surface area (Å²) in [4.78, 5) is 11.8. The molecule has 0 fully saturated rings. The molecule has 0 aliphatic heterocycles. The number of alkyl carbamates (subject to hydrolysis) is 1. The Bertz CT molecular complexity index is 554. The van der Waals surface area contributed by atoms with Crippen molar-refractivity contribution < 1.29 is 9.53 Å². The standard InChI is InChI=1S/C18H21NO2/c1-14(17-11-7-4-8-12-17)15(2)19-18(20)21-13-16-9-5-3-6-10-16/h3-12,14-15H,13H2,1-2H3,(H,19,20). The molecule has 0 heterocycles. The maximum absolute atomic E-state index is 11.8. The highest BCUT2D eigenvalue weighted by atomic mass is 16.5. The van der Waals surface area contributed by atoms with E-state index in [4.69, 9.17) is 4.74 Å². The Hall–Kier alpha value is -2.29. The highest BCUT2D eigenvalue weighted by molar-refractivity contribution is 5.67. The molecule has 2 atom stereocenters. The topological polar surface area (TPSA) is 38.3 Å². The molecule has 1 amide bonds. The summed E-state index contributed by atoms with van der Waals surface area (Å²) < 4.78 is 5.23. The van der Waals surface area contributed by atoms with Gasteiger partial charge in [0.25, 0.3) is 0 Å². The Morgan fingerprint density at radius 2 is 1.57 bits per heavy atom. The minimum atomic E-state index is -0.380. The van der Waals surface area contributed by atoms with Gasteiger partial charge in [0.2, 0.25) is 0 Å². The summed E-state index contributed by atoms with van der Waals surface area (Å²) in [6.07, 6.45) is -0.380.